The smallest absolute Gasteiger partial charge is 0.118 e. The molecule has 3 heteroatoms. The summed E-state index contributed by atoms with van der Waals surface area (Å²) in [4.78, 5) is 0. The highest BCUT2D eigenvalue weighted by Gasteiger charge is 2.19. The predicted molar refractivity (Wildman–Crippen MR) is 58.7 cm³/mol. The molecule has 1 fully saturated rings. The first-order chi connectivity index (χ1) is 7.29. The summed E-state index contributed by atoms with van der Waals surface area (Å²) in [6.07, 6.45) is 2.66. The first-order valence-electron chi connectivity index (χ1n) is 5.37. The van der Waals surface area contributed by atoms with Gasteiger partial charge in [-0.05, 0) is 37.0 Å². The minimum Gasteiger partial charge on any atom is -0.497 e. The van der Waals surface area contributed by atoms with Crippen molar-refractivity contribution in [1.82, 2.24) is 5.32 Å². The third-order valence-electron chi connectivity index (χ3n) is 2.88. The Morgan fingerprint density at radius 1 is 1.27 bits per heavy atom. The molecule has 1 aromatic carbocycles. The summed E-state index contributed by atoms with van der Waals surface area (Å²) in [6.45, 7) is 0. The van der Waals surface area contributed by atoms with E-state index in [0.717, 1.165) is 25.0 Å². The van der Waals surface area contributed by atoms with Crippen molar-refractivity contribution in [1.29, 1.82) is 0 Å². The zero-order valence-corrected chi connectivity index (χ0v) is 8.94. The van der Waals surface area contributed by atoms with Gasteiger partial charge in [-0.3, -0.25) is 5.32 Å². The highest BCUT2D eigenvalue weighted by molar-refractivity contribution is 5.29. The lowest BCUT2D eigenvalue weighted by Crippen LogP contribution is -2.36. The van der Waals surface area contributed by atoms with E-state index in [2.05, 4.69) is 17.4 Å². The lowest BCUT2D eigenvalue weighted by Gasteiger charge is -2.28. The molecule has 0 aliphatic carbocycles. The Hall–Kier alpha value is -1.06. The number of benzene rings is 1. The normalized spacial score (nSPS) is 26.3. The van der Waals surface area contributed by atoms with E-state index in [1.165, 1.54) is 5.56 Å². The van der Waals surface area contributed by atoms with Gasteiger partial charge in [-0.1, -0.05) is 12.1 Å². The van der Waals surface area contributed by atoms with Gasteiger partial charge in [0.25, 0.3) is 0 Å². The van der Waals surface area contributed by atoms with Gasteiger partial charge in [-0.15, -0.1) is 0 Å². The van der Waals surface area contributed by atoms with Crippen LogP contribution in [0.4, 0.5) is 0 Å². The number of aliphatic hydroxyl groups excluding tert-OH is 1. The molecule has 1 heterocycles. The molecule has 1 saturated heterocycles. The van der Waals surface area contributed by atoms with Crippen LogP contribution < -0.4 is 10.1 Å². The maximum absolute atomic E-state index is 9.51. The summed E-state index contributed by atoms with van der Waals surface area (Å²) < 4.78 is 5.11. The van der Waals surface area contributed by atoms with E-state index in [0.29, 0.717) is 0 Å². The summed E-state index contributed by atoms with van der Waals surface area (Å²) in [6, 6.07) is 8.29. The molecule has 0 saturated carbocycles. The number of piperidine rings is 1. The lowest BCUT2D eigenvalue weighted by molar-refractivity contribution is 0.0852. The molecule has 1 aliphatic rings. The number of nitrogens with one attached hydrogen (secondary N) is 1. The fourth-order valence-electron chi connectivity index (χ4n) is 2.01. The topological polar surface area (TPSA) is 41.5 Å². The SMILES string of the molecule is COc1ccc(C2CCCC(O)N2)cc1. The molecular formula is C12H17NO2. The quantitative estimate of drug-likeness (QED) is 0.777. The molecule has 15 heavy (non-hydrogen) atoms. The first-order valence-corrected chi connectivity index (χ1v) is 5.37. The third-order valence-corrected chi connectivity index (χ3v) is 2.88. The van der Waals surface area contributed by atoms with Crippen molar-refractivity contribution in [3.05, 3.63) is 29.8 Å². The minimum absolute atomic E-state index is 0.277. The van der Waals surface area contributed by atoms with Gasteiger partial charge >= 0.3 is 0 Å². The molecule has 0 bridgehead atoms. The Bertz CT molecular complexity index is 310. The molecule has 2 rings (SSSR count). The molecule has 0 spiro atoms. The summed E-state index contributed by atoms with van der Waals surface area (Å²) in [7, 11) is 1.66. The molecule has 2 N–H and O–H groups in total. The number of ether oxygens (including phenoxy) is 1. The van der Waals surface area contributed by atoms with Crippen LogP contribution in [0.5, 0.6) is 5.75 Å². The molecule has 2 atom stereocenters. The maximum Gasteiger partial charge on any atom is 0.118 e. The van der Waals surface area contributed by atoms with Crippen LogP contribution in [0.15, 0.2) is 24.3 Å². The van der Waals surface area contributed by atoms with E-state index in [-0.39, 0.29) is 12.3 Å². The van der Waals surface area contributed by atoms with Gasteiger partial charge < -0.3 is 9.84 Å². The Labute approximate surface area is 90.1 Å². The maximum atomic E-state index is 9.51. The fourth-order valence-corrected chi connectivity index (χ4v) is 2.01. The average Bonchev–Trinajstić information content (AvgIpc) is 2.29. The van der Waals surface area contributed by atoms with Crippen LogP contribution in [0, 0.1) is 0 Å². The Morgan fingerprint density at radius 2 is 2.00 bits per heavy atom. The Kier molecular flexibility index (Phi) is 3.23. The summed E-state index contributed by atoms with van der Waals surface area (Å²) in [5.41, 5.74) is 1.22. The molecule has 0 aromatic heterocycles. The van der Waals surface area contributed by atoms with E-state index in [1.807, 2.05) is 12.1 Å². The summed E-state index contributed by atoms with van der Waals surface area (Å²) in [5.74, 6) is 0.870. The first kappa shape index (κ1) is 10.5. The van der Waals surface area contributed by atoms with Crippen LogP contribution in [-0.4, -0.2) is 18.4 Å². The molecule has 1 aromatic rings. The molecule has 2 unspecified atom stereocenters. The monoisotopic (exact) mass is 207 g/mol. The molecule has 0 radical (unpaired) electrons. The van der Waals surface area contributed by atoms with Gasteiger partial charge in [-0.25, -0.2) is 0 Å². The molecule has 0 amide bonds. The molecule has 1 aliphatic heterocycles. The second-order valence-electron chi connectivity index (χ2n) is 3.94. The molecule has 3 nitrogen and oxygen atoms in total. The summed E-state index contributed by atoms with van der Waals surface area (Å²) in [5, 5.41) is 12.7. The van der Waals surface area contributed by atoms with Gasteiger partial charge in [0.1, 0.15) is 12.0 Å². The number of hydrogen-bond acceptors (Lipinski definition) is 3. The molecule has 82 valence electrons. The van der Waals surface area contributed by atoms with Gasteiger partial charge in [0, 0.05) is 6.04 Å². The highest BCUT2D eigenvalue weighted by atomic mass is 16.5. The fraction of sp³-hybridized carbons (Fsp3) is 0.500. The van der Waals surface area contributed by atoms with Gasteiger partial charge in [0.15, 0.2) is 0 Å². The second kappa shape index (κ2) is 4.64. The number of rotatable bonds is 2. The van der Waals surface area contributed by atoms with Crippen molar-refractivity contribution in [3.8, 4) is 5.75 Å². The van der Waals surface area contributed by atoms with Crippen molar-refractivity contribution in [3.63, 3.8) is 0 Å². The lowest BCUT2D eigenvalue weighted by atomic mass is 9.97. The predicted octanol–water partition coefficient (Wildman–Crippen LogP) is 1.83. The number of aliphatic hydroxyl groups is 1. The highest BCUT2D eigenvalue weighted by Crippen LogP contribution is 2.26. The van der Waals surface area contributed by atoms with Crippen LogP contribution >= 0.6 is 0 Å². The Balaban J connectivity index is 2.07. The van der Waals surface area contributed by atoms with Crippen LogP contribution in [0.25, 0.3) is 0 Å². The van der Waals surface area contributed by atoms with Crippen LogP contribution in [-0.2, 0) is 0 Å². The van der Waals surface area contributed by atoms with Crippen molar-refractivity contribution in [2.75, 3.05) is 7.11 Å². The van der Waals surface area contributed by atoms with Crippen LogP contribution in [0.2, 0.25) is 0 Å². The minimum atomic E-state index is -0.356. The van der Waals surface area contributed by atoms with Crippen molar-refractivity contribution >= 4 is 0 Å². The van der Waals surface area contributed by atoms with Crippen LogP contribution in [0.3, 0.4) is 0 Å². The Morgan fingerprint density at radius 3 is 2.60 bits per heavy atom. The van der Waals surface area contributed by atoms with E-state index >= 15 is 0 Å². The summed E-state index contributed by atoms with van der Waals surface area (Å²) >= 11 is 0. The van der Waals surface area contributed by atoms with Gasteiger partial charge in [0.2, 0.25) is 0 Å². The second-order valence-corrected chi connectivity index (χ2v) is 3.94. The van der Waals surface area contributed by atoms with Crippen molar-refractivity contribution < 1.29 is 9.84 Å². The van der Waals surface area contributed by atoms with Crippen molar-refractivity contribution in [2.24, 2.45) is 0 Å². The largest absolute Gasteiger partial charge is 0.497 e. The molecular weight excluding hydrogens is 190 g/mol. The van der Waals surface area contributed by atoms with Gasteiger partial charge in [-0.2, -0.15) is 0 Å². The van der Waals surface area contributed by atoms with E-state index in [4.69, 9.17) is 4.74 Å². The van der Waals surface area contributed by atoms with E-state index in [1.54, 1.807) is 7.11 Å². The van der Waals surface area contributed by atoms with Gasteiger partial charge in [0.05, 0.1) is 7.11 Å². The van der Waals surface area contributed by atoms with Crippen LogP contribution in [0.1, 0.15) is 30.9 Å². The number of hydrogen-bond donors (Lipinski definition) is 2. The zero-order chi connectivity index (χ0) is 10.7. The van der Waals surface area contributed by atoms with E-state index in [9.17, 15) is 5.11 Å². The number of methoxy groups -OCH3 is 1. The van der Waals surface area contributed by atoms with Crippen molar-refractivity contribution in [2.45, 2.75) is 31.5 Å². The zero-order valence-electron chi connectivity index (χ0n) is 8.94. The standard InChI is InChI=1S/C12H17NO2/c1-15-10-7-5-9(6-8-10)11-3-2-4-12(14)13-11/h5-8,11-14H,2-4H2,1H3. The third kappa shape index (κ3) is 2.49. The van der Waals surface area contributed by atoms with E-state index < -0.39 is 0 Å². The average molecular weight is 207 g/mol.